The third-order valence-corrected chi connectivity index (χ3v) is 4.13. The first-order valence-electron chi connectivity index (χ1n) is 6.45. The minimum Gasteiger partial charge on any atom is -0.324 e. The third-order valence-electron chi connectivity index (χ3n) is 3.44. The Morgan fingerprint density at radius 2 is 2.22 bits per heavy atom. The summed E-state index contributed by atoms with van der Waals surface area (Å²) < 4.78 is 0.921. The first-order valence-corrected chi connectivity index (χ1v) is 7.24. The van der Waals surface area contributed by atoms with Gasteiger partial charge in [0.25, 0.3) is 0 Å². The van der Waals surface area contributed by atoms with E-state index >= 15 is 0 Å². The molecule has 1 aromatic rings. The molecule has 0 saturated carbocycles. The highest BCUT2D eigenvalue weighted by molar-refractivity contribution is 9.10. The number of rotatable bonds is 3. The molecule has 1 amide bonds. The predicted octanol–water partition coefficient (Wildman–Crippen LogP) is 3.26. The number of hydrogen-bond donors (Lipinski definition) is 1. The highest BCUT2D eigenvalue weighted by atomic mass is 79.9. The fourth-order valence-corrected chi connectivity index (χ4v) is 2.71. The summed E-state index contributed by atoms with van der Waals surface area (Å²) in [5, 5.41) is 2.95. The Hall–Kier alpha value is -0.870. The van der Waals surface area contributed by atoms with E-state index in [4.69, 9.17) is 0 Å². The zero-order chi connectivity index (χ0) is 13.0. The molecule has 1 N–H and O–H groups in total. The summed E-state index contributed by atoms with van der Waals surface area (Å²) in [6.07, 6.45) is 3.68. The van der Waals surface area contributed by atoms with Crippen LogP contribution < -0.4 is 5.32 Å². The summed E-state index contributed by atoms with van der Waals surface area (Å²) in [5.41, 5.74) is 0.840. The molecule has 1 aliphatic heterocycles. The number of carbonyl (C=O) groups excluding carboxylic acids is 1. The van der Waals surface area contributed by atoms with Crippen molar-refractivity contribution in [2.45, 2.75) is 32.2 Å². The van der Waals surface area contributed by atoms with Gasteiger partial charge in [0.05, 0.1) is 12.2 Å². The maximum Gasteiger partial charge on any atom is 0.238 e. The van der Waals surface area contributed by atoms with Crippen molar-refractivity contribution in [1.29, 1.82) is 0 Å². The monoisotopic (exact) mass is 310 g/mol. The normalized spacial score (nSPS) is 20.7. The van der Waals surface area contributed by atoms with Gasteiger partial charge in [-0.1, -0.05) is 18.6 Å². The van der Waals surface area contributed by atoms with Crippen LogP contribution in [0.1, 0.15) is 26.2 Å². The first kappa shape index (κ1) is 13.6. The fraction of sp³-hybridized carbons (Fsp3) is 0.500. The van der Waals surface area contributed by atoms with E-state index in [2.05, 4.69) is 33.1 Å². The van der Waals surface area contributed by atoms with Crippen molar-refractivity contribution in [1.82, 2.24) is 4.90 Å². The number of anilines is 1. The van der Waals surface area contributed by atoms with E-state index in [1.165, 1.54) is 19.3 Å². The van der Waals surface area contributed by atoms with Crippen LogP contribution in [0.2, 0.25) is 0 Å². The van der Waals surface area contributed by atoms with Crippen LogP contribution in [0.4, 0.5) is 5.69 Å². The Morgan fingerprint density at radius 1 is 1.44 bits per heavy atom. The molecule has 1 atom stereocenters. The van der Waals surface area contributed by atoms with Gasteiger partial charge in [0, 0.05) is 10.5 Å². The maximum atomic E-state index is 12.0. The van der Waals surface area contributed by atoms with Crippen molar-refractivity contribution < 1.29 is 4.79 Å². The number of piperidine rings is 1. The Balaban J connectivity index is 1.90. The Kier molecular flexibility index (Phi) is 4.78. The maximum absolute atomic E-state index is 12.0. The number of amides is 1. The van der Waals surface area contributed by atoms with Crippen LogP contribution >= 0.6 is 15.9 Å². The van der Waals surface area contributed by atoms with Crippen molar-refractivity contribution >= 4 is 27.5 Å². The molecule has 1 heterocycles. The molecular formula is C14H19BrN2O. The number of carbonyl (C=O) groups is 1. The van der Waals surface area contributed by atoms with E-state index in [0.29, 0.717) is 12.6 Å². The summed E-state index contributed by atoms with van der Waals surface area (Å²) in [4.78, 5) is 14.3. The summed E-state index contributed by atoms with van der Waals surface area (Å²) in [6, 6.07) is 8.21. The second-order valence-corrected chi connectivity index (χ2v) is 5.70. The zero-order valence-electron chi connectivity index (χ0n) is 10.7. The van der Waals surface area contributed by atoms with Gasteiger partial charge in [-0.2, -0.15) is 0 Å². The molecule has 1 aromatic carbocycles. The zero-order valence-corrected chi connectivity index (χ0v) is 12.2. The topological polar surface area (TPSA) is 32.3 Å². The number of nitrogens with one attached hydrogen (secondary N) is 1. The molecule has 3 nitrogen and oxygen atoms in total. The minimum atomic E-state index is 0.0654. The highest BCUT2D eigenvalue weighted by Crippen LogP contribution is 2.21. The number of hydrogen-bond acceptors (Lipinski definition) is 2. The number of nitrogens with zero attached hydrogens (tertiary/aromatic N) is 1. The molecule has 1 saturated heterocycles. The second-order valence-electron chi connectivity index (χ2n) is 4.84. The van der Waals surface area contributed by atoms with Crippen LogP contribution in [-0.4, -0.2) is 29.9 Å². The lowest BCUT2D eigenvalue weighted by Crippen LogP contribution is -2.42. The van der Waals surface area contributed by atoms with Crippen LogP contribution in [0.5, 0.6) is 0 Å². The SMILES string of the molecule is C[C@H]1CCCCN1CC(=O)Nc1ccccc1Br. The molecule has 0 radical (unpaired) electrons. The highest BCUT2D eigenvalue weighted by Gasteiger charge is 2.20. The Morgan fingerprint density at radius 3 is 2.94 bits per heavy atom. The van der Waals surface area contributed by atoms with E-state index in [0.717, 1.165) is 16.7 Å². The average molecular weight is 311 g/mol. The van der Waals surface area contributed by atoms with Crippen molar-refractivity contribution in [2.24, 2.45) is 0 Å². The van der Waals surface area contributed by atoms with Crippen molar-refractivity contribution in [3.05, 3.63) is 28.7 Å². The third kappa shape index (κ3) is 3.56. The van der Waals surface area contributed by atoms with Gasteiger partial charge in [0.15, 0.2) is 0 Å². The summed E-state index contributed by atoms with van der Waals surface area (Å²) in [6.45, 7) is 3.72. The minimum absolute atomic E-state index is 0.0654. The molecule has 18 heavy (non-hydrogen) atoms. The van der Waals surface area contributed by atoms with Gasteiger partial charge in [-0.05, 0) is 54.4 Å². The number of halogens is 1. The molecule has 0 aliphatic carbocycles. The number of benzene rings is 1. The molecule has 0 aromatic heterocycles. The number of para-hydroxylation sites is 1. The van der Waals surface area contributed by atoms with E-state index in [1.807, 2.05) is 24.3 Å². The Labute approximate surface area is 117 Å². The lowest BCUT2D eigenvalue weighted by molar-refractivity contribution is -0.118. The smallest absolute Gasteiger partial charge is 0.238 e. The number of likely N-dealkylation sites (tertiary alicyclic amines) is 1. The van der Waals surface area contributed by atoms with Crippen LogP contribution in [-0.2, 0) is 4.79 Å². The molecular weight excluding hydrogens is 292 g/mol. The van der Waals surface area contributed by atoms with E-state index < -0.39 is 0 Å². The van der Waals surface area contributed by atoms with Gasteiger partial charge in [-0.25, -0.2) is 0 Å². The lowest BCUT2D eigenvalue weighted by Gasteiger charge is -2.32. The van der Waals surface area contributed by atoms with Crippen LogP contribution in [0.3, 0.4) is 0 Å². The van der Waals surface area contributed by atoms with Gasteiger partial charge in [-0.3, -0.25) is 9.69 Å². The van der Waals surface area contributed by atoms with E-state index in [-0.39, 0.29) is 5.91 Å². The van der Waals surface area contributed by atoms with E-state index in [1.54, 1.807) is 0 Å². The summed E-state index contributed by atoms with van der Waals surface area (Å²) >= 11 is 3.43. The quantitative estimate of drug-likeness (QED) is 0.929. The molecule has 2 rings (SSSR count). The van der Waals surface area contributed by atoms with Gasteiger partial charge in [-0.15, -0.1) is 0 Å². The van der Waals surface area contributed by atoms with Gasteiger partial charge >= 0.3 is 0 Å². The Bertz CT molecular complexity index is 422. The van der Waals surface area contributed by atoms with Crippen molar-refractivity contribution in [3.63, 3.8) is 0 Å². The molecule has 0 unspecified atom stereocenters. The average Bonchev–Trinajstić information content (AvgIpc) is 2.35. The molecule has 1 aliphatic rings. The largest absolute Gasteiger partial charge is 0.324 e. The van der Waals surface area contributed by atoms with Crippen molar-refractivity contribution in [2.75, 3.05) is 18.4 Å². The van der Waals surface area contributed by atoms with Gasteiger partial charge < -0.3 is 5.32 Å². The first-order chi connectivity index (χ1) is 8.66. The second kappa shape index (κ2) is 6.34. The molecule has 0 spiro atoms. The standard InChI is InChI=1S/C14H19BrN2O/c1-11-6-4-5-9-17(11)10-14(18)16-13-8-3-2-7-12(13)15/h2-3,7-8,11H,4-6,9-10H2,1H3,(H,16,18)/t11-/m0/s1. The molecule has 4 heteroatoms. The van der Waals surface area contributed by atoms with Gasteiger partial charge in [0.2, 0.25) is 5.91 Å². The molecule has 98 valence electrons. The lowest BCUT2D eigenvalue weighted by atomic mass is 10.0. The van der Waals surface area contributed by atoms with Crippen LogP contribution in [0, 0.1) is 0 Å². The predicted molar refractivity (Wildman–Crippen MR) is 77.7 cm³/mol. The summed E-state index contributed by atoms with van der Waals surface area (Å²) in [7, 11) is 0. The summed E-state index contributed by atoms with van der Waals surface area (Å²) in [5.74, 6) is 0.0654. The van der Waals surface area contributed by atoms with Crippen molar-refractivity contribution in [3.8, 4) is 0 Å². The van der Waals surface area contributed by atoms with Crippen LogP contribution in [0.25, 0.3) is 0 Å². The van der Waals surface area contributed by atoms with Gasteiger partial charge in [0.1, 0.15) is 0 Å². The molecule has 0 bridgehead atoms. The van der Waals surface area contributed by atoms with Crippen LogP contribution in [0.15, 0.2) is 28.7 Å². The molecule has 1 fully saturated rings. The fourth-order valence-electron chi connectivity index (χ4n) is 2.33. The van der Waals surface area contributed by atoms with E-state index in [9.17, 15) is 4.79 Å².